The summed E-state index contributed by atoms with van der Waals surface area (Å²) in [4.78, 5) is 34.3. The molecule has 0 radical (unpaired) electrons. The molecule has 0 bridgehead atoms. The molecule has 0 aliphatic heterocycles. The van der Waals surface area contributed by atoms with Crippen molar-refractivity contribution in [2.45, 2.75) is 13.1 Å². The van der Waals surface area contributed by atoms with E-state index in [2.05, 4.69) is 9.97 Å². The highest BCUT2D eigenvalue weighted by atomic mass is 16.2. The van der Waals surface area contributed by atoms with E-state index in [-0.39, 0.29) is 18.0 Å². The van der Waals surface area contributed by atoms with E-state index in [9.17, 15) is 9.59 Å². The predicted molar refractivity (Wildman–Crippen MR) is 90.4 cm³/mol. The van der Waals surface area contributed by atoms with Crippen LogP contribution in [0.15, 0.2) is 78.1 Å². The molecule has 0 saturated heterocycles. The number of anilines is 1. The van der Waals surface area contributed by atoms with Crippen molar-refractivity contribution in [1.29, 1.82) is 0 Å². The van der Waals surface area contributed by atoms with Crippen molar-refractivity contribution in [3.63, 3.8) is 0 Å². The van der Waals surface area contributed by atoms with Gasteiger partial charge in [0.1, 0.15) is 12.4 Å². The van der Waals surface area contributed by atoms with Crippen LogP contribution in [0.1, 0.15) is 5.56 Å². The van der Waals surface area contributed by atoms with Crippen LogP contribution in [0.2, 0.25) is 0 Å². The van der Waals surface area contributed by atoms with Gasteiger partial charge >= 0.3 is 0 Å². The van der Waals surface area contributed by atoms with E-state index < -0.39 is 0 Å². The fraction of sp³-hybridized carbons (Fsp3) is 0.111. The Hall–Kier alpha value is -3.28. The second-order valence-electron chi connectivity index (χ2n) is 5.20. The third-order valence-corrected chi connectivity index (χ3v) is 3.51. The minimum Gasteiger partial charge on any atom is -0.291 e. The third kappa shape index (κ3) is 3.73. The lowest BCUT2D eigenvalue weighted by Gasteiger charge is -2.22. The summed E-state index contributed by atoms with van der Waals surface area (Å²) in [7, 11) is 0. The van der Waals surface area contributed by atoms with Crippen molar-refractivity contribution in [3.8, 4) is 0 Å². The van der Waals surface area contributed by atoms with Crippen molar-refractivity contribution < 1.29 is 4.79 Å². The Morgan fingerprint density at radius 3 is 2.50 bits per heavy atom. The second-order valence-corrected chi connectivity index (χ2v) is 5.20. The van der Waals surface area contributed by atoms with Crippen LogP contribution < -0.4 is 10.5 Å². The number of nitrogens with zero attached hydrogens (tertiary/aromatic N) is 4. The van der Waals surface area contributed by atoms with E-state index in [1.54, 1.807) is 23.2 Å². The summed E-state index contributed by atoms with van der Waals surface area (Å²) in [5, 5.41) is 0. The fourth-order valence-electron chi connectivity index (χ4n) is 2.30. The molecule has 2 heterocycles. The van der Waals surface area contributed by atoms with Gasteiger partial charge in [0, 0.05) is 18.5 Å². The lowest BCUT2D eigenvalue weighted by molar-refractivity contribution is -0.119. The summed E-state index contributed by atoms with van der Waals surface area (Å²) < 4.78 is 1.28. The van der Waals surface area contributed by atoms with Gasteiger partial charge in [-0.2, -0.15) is 0 Å². The molecule has 24 heavy (non-hydrogen) atoms. The Balaban J connectivity index is 1.88. The van der Waals surface area contributed by atoms with Crippen molar-refractivity contribution in [2.75, 3.05) is 4.90 Å². The van der Waals surface area contributed by atoms with Crippen LogP contribution in [-0.4, -0.2) is 20.4 Å². The van der Waals surface area contributed by atoms with Crippen molar-refractivity contribution in [1.82, 2.24) is 14.5 Å². The molecule has 120 valence electrons. The molecule has 2 aromatic heterocycles. The number of carbonyl (C=O) groups is 1. The smallest absolute Gasteiger partial charge is 0.253 e. The van der Waals surface area contributed by atoms with Gasteiger partial charge in [0.15, 0.2) is 0 Å². The topological polar surface area (TPSA) is 68.1 Å². The molecule has 0 N–H and O–H groups in total. The average molecular weight is 320 g/mol. The Morgan fingerprint density at radius 2 is 1.79 bits per heavy atom. The summed E-state index contributed by atoms with van der Waals surface area (Å²) >= 11 is 0. The number of hydrogen-bond donors (Lipinski definition) is 0. The molecule has 0 unspecified atom stereocenters. The van der Waals surface area contributed by atoms with E-state index in [0.717, 1.165) is 5.56 Å². The maximum atomic E-state index is 12.8. The minimum atomic E-state index is -0.265. The Bertz CT molecular complexity index is 863. The highest BCUT2D eigenvalue weighted by molar-refractivity contribution is 5.92. The molecule has 0 aliphatic rings. The van der Waals surface area contributed by atoms with Crippen LogP contribution in [0.5, 0.6) is 0 Å². The Morgan fingerprint density at radius 1 is 1.00 bits per heavy atom. The van der Waals surface area contributed by atoms with Crippen LogP contribution in [0.25, 0.3) is 0 Å². The zero-order valence-electron chi connectivity index (χ0n) is 12.9. The van der Waals surface area contributed by atoms with Crippen LogP contribution in [0.4, 0.5) is 5.82 Å². The summed E-state index contributed by atoms with van der Waals surface area (Å²) in [6, 6.07) is 16.4. The summed E-state index contributed by atoms with van der Waals surface area (Å²) in [5.41, 5.74) is 0.717. The zero-order chi connectivity index (χ0) is 16.8. The summed E-state index contributed by atoms with van der Waals surface area (Å²) in [5.74, 6) is 0.316. The summed E-state index contributed by atoms with van der Waals surface area (Å²) in [6.45, 7) is 0.293. The van der Waals surface area contributed by atoms with Gasteiger partial charge in [0.2, 0.25) is 5.91 Å². The number of amides is 1. The van der Waals surface area contributed by atoms with Gasteiger partial charge in [-0.3, -0.25) is 19.1 Å². The van der Waals surface area contributed by atoms with Crippen molar-refractivity contribution in [3.05, 3.63) is 89.2 Å². The fourth-order valence-corrected chi connectivity index (χ4v) is 2.30. The maximum Gasteiger partial charge on any atom is 0.253 e. The van der Waals surface area contributed by atoms with Crippen molar-refractivity contribution >= 4 is 11.7 Å². The van der Waals surface area contributed by atoms with Gasteiger partial charge in [0.25, 0.3) is 5.56 Å². The number of aromatic nitrogens is 3. The van der Waals surface area contributed by atoms with E-state index in [0.29, 0.717) is 12.4 Å². The molecule has 0 atom stereocenters. The molecule has 0 spiro atoms. The average Bonchev–Trinajstić information content (AvgIpc) is 2.63. The third-order valence-electron chi connectivity index (χ3n) is 3.51. The van der Waals surface area contributed by atoms with Crippen LogP contribution in [0, 0.1) is 0 Å². The molecule has 0 aliphatic carbocycles. The highest BCUT2D eigenvalue weighted by Crippen LogP contribution is 2.14. The van der Waals surface area contributed by atoms with E-state index in [1.165, 1.54) is 23.2 Å². The molecular formula is C18H16N4O2. The largest absolute Gasteiger partial charge is 0.291 e. The number of hydrogen-bond acceptors (Lipinski definition) is 4. The first-order chi connectivity index (χ1) is 11.7. The number of pyridine rings is 1. The second kappa shape index (κ2) is 7.32. The van der Waals surface area contributed by atoms with Gasteiger partial charge in [0.05, 0.1) is 12.9 Å². The lowest BCUT2D eigenvalue weighted by atomic mass is 10.2. The monoisotopic (exact) mass is 320 g/mol. The zero-order valence-corrected chi connectivity index (χ0v) is 12.9. The molecule has 3 aromatic rings. The first-order valence-corrected chi connectivity index (χ1v) is 7.50. The molecule has 1 aromatic carbocycles. The Kier molecular flexibility index (Phi) is 4.76. The van der Waals surface area contributed by atoms with E-state index in [1.807, 2.05) is 36.4 Å². The Labute approximate surface area is 139 Å². The van der Waals surface area contributed by atoms with Crippen LogP contribution in [0.3, 0.4) is 0 Å². The minimum absolute atomic E-state index is 0.0872. The summed E-state index contributed by atoms with van der Waals surface area (Å²) in [6.07, 6.45) is 4.40. The van der Waals surface area contributed by atoms with Gasteiger partial charge in [-0.25, -0.2) is 9.97 Å². The highest BCUT2D eigenvalue weighted by Gasteiger charge is 2.18. The van der Waals surface area contributed by atoms with Crippen LogP contribution in [-0.2, 0) is 17.9 Å². The SMILES string of the molecule is O=C(Cn1cnccc1=O)N(Cc1ccccc1)c1ccccn1. The standard InChI is InChI=1S/C18H16N4O2/c23-17-9-11-19-14-21(17)13-18(24)22(16-8-4-5-10-20-16)12-15-6-2-1-3-7-15/h1-11,14H,12-13H2. The van der Waals surface area contributed by atoms with Gasteiger partial charge < -0.3 is 0 Å². The van der Waals surface area contributed by atoms with E-state index >= 15 is 0 Å². The number of carbonyl (C=O) groups excluding carboxylic acids is 1. The molecule has 6 nitrogen and oxygen atoms in total. The number of rotatable bonds is 5. The molecule has 1 amide bonds. The molecule has 6 heteroatoms. The molecule has 3 rings (SSSR count). The van der Waals surface area contributed by atoms with E-state index in [4.69, 9.17) is 0 Å². The lowest BCUT2D eigenvalue weighted by Crippen LogP contribution is -2.36. The van der Waals surface area contributed by atoms with Gasteiger partial charge in [-0.15, -0.1) is 0 Å². The quantitative estimate of drug-likeness (QED) is 0.720. The predicted octanol–water partition coefficient (Wildman–Crippen LogP) is 1.87. The van der Waals surface area contributed by atoms with Crippen molar-refractivity contribution in [2.24, 2.45) is 0 Å². The molecule has 0 fully saturated rings. The van der Waals surface area contributed by atoms with Gasteiger partial charge in [-0.05, 0) is 17.7 Å². The maximum absolute atomic E-state index is 12.8. The first kappa shape index (κ1) is 15.6. The number of benzene rings is 1. The van der Waals surface area contributed by atoms with Crippen LogP contribution >= 0.6 is 0 Å². The molecular weight excluding hydrogens is 304 g/mol. The molecule has 0 saturated carbocycles. The first-order valence-electron chi connectivity index (χ1n) is 7.50. The van der Waals surface area contributed by atoms with Gasteiger partial charge in [-0.1, -0.05) is 36.4 Å². The normalized spacial score (nSPS) is 10.3.